The molecule has 0 aliphatic rings. The summed E-state index contributed by atoms with van der Waals surface area (Å²) in [6, 6.07) is 0.369. The minimum atomic E-state index is 0.369. The van der Waals surface area contributed by atoms with Crippen LogP contribution in [0, 0.1) is 5.92 Å². The van der Waals surface area contributed by atoms with Crippen molar-refractivity contribution in [3.05, 3.63) is 0 Å². The lowest BCUT2D eigenvalue weighted by atomic mass is 10.1. The van der Waals surface area contributed by atoms with Gasteiger partial charge in [0.2, 0.25) is 0 Å². The average Bonchev–Trinajstić information content (AvgIpc) is 2.25. The molecule has 0 fully saturated rings. The Balaban J connectivity index is 3.76. The predicted molar refractivity (Wildman–Crippen MR) is 69.1 cm³/mol. The zero-order valence-corrected chi connectivity index (χ0v) is 11.1. The maximum Gasteiger partial charge on any atom is 0.0167 e. The van der Waals surface area contributed by atoms with Crippen LogP contribution in [0.1, 0.15) is 53.4 Å². The van der Waals surface area contributed by atoms with E-state index in [2.05, 4.69) is 32.6 Å². The molecule has 0 aromatic rings. The fourth-order valence-electron chi connectivity index (χ4n) is 1.79. The Bertz CT molecular complexity index is 136. The van der Waals surface area contributed by atoms with Gasteiger partial charge in [-0.25, -0.2) is 0 Å². The van der Waals surface area contributed by atoms with E-state index in [1.807, 2.05) is 0 Å². The van der Waals surface area contributed by atoms with Gasteiger partial charge >= 0.3 is 0 Å². The molecular formula is C13H30N2. The van der Waals surface area contributed by atoms with Gasteiger partial charge in [-0.15, -0.1) is 0 Å². The molecule has 0 saturated heterocycles. The molecule has 0 aromatic heterocycles. The van der Waals surface area contributed by atoms with Gasteiger partial charge in [0, 0.05) is 19.1 Å². The first-order chi connectivity index (χ1) is 7.13. The van der Waals surface area contributed by atoms with Gasteiger partial charge < -0.3 is 10.6 Å². The van der Waals surface area contributed by atoms with Crippen LogP contribution < -0.4 is 5.73 Å². The van der Waals surface area contributed by atoms with E-state index in [-0.39, 0.29) is 0 Å². The Kier molecular flexibility index (Phi) is 9.12. The largest absolute Gasteiger partial charge is 0.327 e. The van der Waals surface area contributed by atoms with E-state index in [9.17, 15) is 0 Å². The smallest absolute Gasteiger partial charge is 0.0167 e. The maximum atomic E-state index is 6.11. The van der Waals surface area contributed by atoms with Crippen LogP contribution in [0.2, 0.25) is 0 Å². The quantitative estimate of drug-likeness (QED) is 0.639. The van der Waals surface area contributed by atoms with Gasteiger partial charge in [0.05, 0.1) is 0 Å². The first-order valence-electron chi connectivity index (χ1n) is 6.61. The lowest BCUT2D eigenvalue weighted by molar-refractivity contribution is 0.228. The van der Waals surface area contributed by atoms with Gasteiger partial charge in [0.1, 0.15) is 0 Å². The highest BCUT2D eigenvalue weighted by Gasteiger charge is 2.11. The number of hydrogen-bond acceptors (Lipinski definition) is 2. The van der Waals surface area contributed by atoms with Crippen LogP contribution in [-0.2, 0) is 0 Å². The van der Waals surface area contributed by atoms with Gasteiger partial charge in [0.25, 0.3) is 0 Å². The van der Waals surface area contributed by atoms with Gasteiger partial charge in [-0.2, -0.15) is 0 Å². The lowest BCUT2D eigenvalue weighted by Gasteiger charge is -2.26. The Morgan fingerprint density at radius 1 is 1.13 bits per heavy atom. The summed E-state index contributed by atoms with van der Waals surface area (Å²) in [5, 5.41) is 0. The summed E-state index contributed by atoms with van der Waals surface area (Å²) >= 11 is 0. The zero-order chi connectivity index (χ0) is 11.7. The Morgan fingerprint density at radius 2 is 1.80 bits per heavy atom. The second kappa shape index (κ2) is 9.17. The topological polar surface area (TPSA) is 29.3 Å². The lowest BCUT2D eigenvalue weighted by Crippen LogP contribution is -2.39. The van der Waals surface area contributed by atoms with Crippen LogP contribution in [-0.4, -0.2) is 30.6 Å². The van der Waals surface area contributed by atoms with Crippen molar-refractivity contribution in [2.24, 2.45) is 11.7 Å². The minimum Gasteiger partial charge on any atom is -0.327 e. The number of unbranched alkanes of at least 4 members (excludes halogenated alkanes) is 1. The number of nitrogens with zero attached hydrogens (tertiary/aromatic N) is 1. The van der Waals surface area contributed by atoms with E-state index in [0.29, 0.717) is 6.04 Å². The molecule has 2 nitrogen and oxygen atoms in total. The first kappa shape index (κ1) is 14.9. The van der Waals surface area contributed by atoms with Crippen molar-refractivity contribution in [2.75, 3.05) is 19.6 Å². The van der Waals surface area contributed by atoms with E-state index in [1.165, 1.54) is 32.2 Å². The first-order valence-corrected chi connectivity index (χ1v) is 6.61. The van der Waals surface area contributed by atoms with Crippen LogP contribution in [0.3, 0.4) is 0 Å². The van der Waals surface area contributed by atoms with Crippen molar-refractivity contribution in [3.63, 3.8) is 0 Å². The van der Waals surface area contributed by atoms with Crippen LogP contribution in [0.4, 0.5) is 0 Å². The van der Waals surface area contributed by atoms with Crippen molar-refractivity contribution in [1.29, 1.82) is 0 Å². The average molecular weight is 214 g/mol. The summed E-state index contributed by atoms with van der Waals surface area (Å²) in [7, 11) is 0. The molecule has 0 bridgehead atoms. The summed E-state index contributed by atoms with van der Waals surface area (Å²) in [5.74, 6) is 0.795. The number of nitrogens with two attached hydrogens (primary N) is 1. The second-order valence-corrected chi connectivity index (χ2v) is 4.77. The Morgan fingerprint density at radius 3 is 2.27 bits per heavy atom. The molecule has 2 unspecified atom stereocenters. The summed E-state index contributed by atoms with van der Waals surface area (Å²) in [4.78, 5) is 2.49. The Hall–Kier alpha value is -0.0800. The molecule has 0 aliphatic carbocycles. The number of likely N-dealkylation sites (N-methyl/N-ethyl adjacent to an activating group) is 1. The van der Waals surface area contributed by atoms with Gasteiger partial charge in [-0.1, -0.05) is 47.0 Å². The number of rotatable bonds is 9. The molecule has 2 atom stereocenters. The van der Waals surface area contributed by atoms with Gasteiger partial charge in [0.15, 0.2) is 0 Å². The van der Waals surface area contributed by atoms with Crippen LogP contribution in [0.25, 0.3) is 0 Å². The molecule has 92 valence electrons. The van der Waals surface area contributed by atoms with Gasteiger partial charge in [-0.05, 0) is 18.9 Å². The molecule has 2 N–H and O–H groups in total. The van der Waals surface area contributed by atoms with E-state index >= 15 is 0 Å². The maximum absolute atomic E-state index is 6.11. The predicted octanol–water partition coefficient (Wildman–Crippen LogP) is 2.87. The van der Waals surface area contributed by atoms with Crippen molar-refractivity contribution < 1.29 is 0 Å². The summed E-state index contributed by atoms with van der Waals surface area (Å²) in [6.07, 6.45) is 4.96. The summed E-state index contributed by atoms with van der Waals surface area (Å²) < 4.78 is 0. The molecule has 2 heteroatoms. The van der Waals surface area contributed by atoms with E-state index in [1.54, 1.807) is 0 Å². The van der Waals surface area contributed by atoms with Crippen molar-refractivity contribution in [1.82, 2.24) is 4.90 Å². The summed E-state index contributed by atoms with van der Waals surface area (Å²) in [5.41, 5.74) is 6.11. The van der Waals surface area contributed by atoms with E-state index in [0.717, 1.165) is 19.0 Å². The molecule has 0 aromatic carbocycles. The van der Waals surface area contributed by atoms with Gasteiger partial charge in [-0.3, -0.25) is 0 Å². The third-order valence-corrected chi connectivity index (χ3v) is 3.14. The fraction of sp³-hybridized carbons (Fsp3) is 1.00. The zero-order valence-electron chi connectivity index (χ0n) is 11.1. The summed E-state index contributed by atoms with van der Waals surface area (Å²) in [6.45, 7) is 12.4. The molecular weight excluding hydrogens is 184 g/mol. The second-order valence-electron chi connectivity index (χ2n) is 4.77. The van der Waals surface area contributed by atoms with Crippen molar-refractivity contribution in [2.45, 2.75) is 59.4 Å². The molecule has 0 amide bonds. The highest BCUT2D eigenvalue weighted by atomic mass is 15.1. The molecule has 0 heterocycles. The fourth-order valence-corrected chi connectivity index (χ4v) is 1.79. The van der Waals surface area contributed by atoms with Crippen LogP contribution >= 0.6 is 0 Å². The normalized spacial score (nSPS) is 15.6. The minimum absolute atomic E-state index is 0.369. The molecule has 0 saturated carbocycles. The Labute approximate surface area is 96.2 Å². The molecule has 0 rings (SSSR count). The van der Waals surface area contributed by atoms with E-state index in [4.69, 9.17) is 5.73 Å². The SMILES string of the molecule is CCCCC(N)CN(CC)CC(C)CC. The van der Waals surface area contributed by atoms with Crippen LogP contribution in [0.5, 0.6) is 0 Å². The molecule has 0 aliphatic heterocycles. The van der Waals surface area contributed by atoms with Crippen LogP contribution in [0.15, 0.2) is 0 Å². The van der Waals surface area contributed by atoms with E-state index < -0.39 is 0 Å². The highest BCUT2D eigenvalue weighted by molar-refractivity contribution is 4.69. The van der Waals surface area contributed by atoms with Crippen molar-refractivity contribution in [3.8, 4) is 0 Å². The number of hydrogen-bond donors (Lipinski definition) is 1. The monoisotopic (exact) mass is 214 g/mol. The third-order valence-electron chi connectivity index (χ3n) is 3.14. The van der Waals surface area contributed by atoms with Crippen molar-refractivity contribution >= 4 is 0 Å². The molecule has 15 heavy (non-hydrogen) atoms. The molecule has 0 spiro atoms. The molecule has 0 radical (unpaired) electrons. The highest BCUT2D eigenvalue weighted by Crippen LogP contribution is 2.06. The third kappa shape index (κ3) is 7.80. The standard InChI is InChI=1S/C13H30N2/c1-5-8-9-13(14)11-15(7-3)10-12(4)6-2/h12-13H,5-11,14H2,1-4H3.